The van der Waals surface area contributed by atoms with Crippen LogP contribution in [0.1, 0.15) is 31.4 Å². The predicted molar refractivity (Wildman–Crippen MR) is 120 cm³/mol. The number of nitrogens with zero attached hydrogens (tertiary/aromatic N) is 3. The van der Waals surface area contributed by atoms with Crippen molar-refractivity contribution in [3.05, 3.63) is 71.6 Å². The molecule has 0 spiro atoms. The molecule has 0 saturated carbocycles. The Bertz CT molecular complexity index is 1010. The molecule has 0 saturated heterocycles. The number of hydrogen-bond acceptors (Lipinski definition) is 6. The standard InChI is InChI=1S/C24H28F2N4O2/c1-4-16-12-27-24(28-13-16)29-23-8-17(14-30(32-3)15-21(31)5-2)6-7-22(23)18-9-19(25)11-20(26)10-18/h6-13,21,31H,4-5,14-15H2,1-3H3,(H,27,28,29). The third kappa shape index (κ3) is 6.29. The van der Waals surface area contributed by atoms with Crippen LogP contribution in [0, 0.1) is 11.6 Å². The first-order valence-electron chi connectivity index (χ1n) is 10.6. The summed E-state index contributed by atoms with van der Waals surface area (Å²) in [4.78, 5) is 14.1. The van der Waals surface area contributed by atoms with Gasteiger partial charge in [-0.3, -0.25) is 0 Å². The van der Waals surface area contributed by atoms with Crippen LogP contribution in [0.15, 0.2) is 48.8 Å². The quantitative estimate of drug-likeness (QED) is 0.437. The van der Waals surface area contributed by atoms with Crippen molar-refractivity contribution in [2.45, 2.75) is 39.3 Å². The van der Waals surface area contributed by atoms with E-state index in [1.165, 1.54) is 12.1 Å². The Labute approximate surface area is 186 Å². The number of aryl methyl sites for hydroxylation is 1. The Morgan fingerprint density at radius 3 is 2.31 bits per heavy atom. The van der Waals surface area contributed by atoms with E-state index in [-0.39, 0.29) is 0 Å². The number of nitrogens with one attached hydrogen (secondary N) is 1. The van der Waals surface area contributed by atoms with E-state index in [9.17, 15) is 13.9 Å². The van der Waals surface area contributed by atoms with E-state index in [4.69, 9.17) is 4.84 Å². The normalized spacial score (nSPS) is 12.2. The lowest BCUT2D eigenvalue weighted by atomic mass is 10.0. The molecule has 0 bridgehead atoms. The third-order valence-electron chi connectivity index (χ3n) is 5.12. The van der Waals surface area contributed by atoms with Crippen molar-refractivity contribution < 1.29 is 18.7 Å². The molecule has 1 heterocycles. The van der Waals surface area contributed by atoms with Crippen LogP contribution in [-0.4, -0.2) is 39.9 Å². The van der Waals surface area contributed by atoms with Crippen molar-refractivity contribution in [2.75, 3.05) is 19.0 Å². The van der Waals surface area contributed by atoms with Crippen LogP contribution in [0.3, 0.4) is 0 Å². The Kier molecular flexibility index (Phi) is 8.21. The SMILES string of the molecule is CCc1cnc(Nc2cc(CN(CC(O)CC)OC)ccc2-c2cc(F)cc(F)c2)nc1. The zero-order chi connectivity index (χ0) is 23.1. The summed E-state index contributed by atoms with van der Waals surface area (Å²) in [6.45, 7) is 4.68. The van der Waals surface area contributed by atoms with Crippen LogP contribution in [0.5, 0.6) is 0 Å². The van der Waals surface area contributed by atoms with Gasteiger partial charge in [0.1, 0.15) is 11.6 Å². The van der Waals surface area contributed by atoms with Gasteiger partial charge in [0.25, 0.3) is 0 Å². The molecule has 0 fully saturated rings. The fourth-order valence-electron chi connectivity index (χ4n) is 3.25. The number of aliphatic hydroxyl groups excluding tert-OH is 1. The first kappa shape index (κ1) is 23.7. The minimum absolute atomic E-state index is 0.355. The molecule has 3 rings (SSSR count). The van der Waals surface area contributed by atoms with E-state index in [1.807, 2.05) is 26.0 Å². The Morgan fingerprint density at radius 1 is 1.03 bits per heavy atom. The fourth-order valence-corrected chi connectivity index (χ4v) is 3.25. The van der Waals surface area contributed by atoms with Crippen molar-refractivity contribution in [1.82, 2.24) is 15.0 Å². The molecule has 2 N–H and O–H groups in total. The summed E-state index contributed by atoms with van der Waals surface area (Å²) < 4.78 is 27.8. The van der Waals surface area contributed by atoms with E-state index in [2.05, 4.69) is 15.3 Å². The molecule has 0 radical (unpaired) electrons. The average Bonchev–Trinajstić information content (AvgIpc) is 2.78. The molecule has 1 unspecified atom stereocenters. The molecule has 170 valence electrons. The van der Waals surface area contributed by atoms with Gasteiger partial charge < -0.3 is 15.3 Å². The molecule has 32 heavy (non-hydrogen) atoms. The molecule has 3 aromatic rings. The Morgan fingerprint density at radius 2 is 1.72 bits per heavy atom. The van der Waals surface area contributed by atoms with Crippen LogP contribution in [-0.2, 0) is 17.8 Å². The van der Waals surface area contributed by atoms with Gasteiger partial charge in [-0.1, -0.05) is 26.0 Å². The van der Waals surface area contributed by atoms with Crippen molar-refractivity contribution >= 4 is 11.6 Å². The molecule has 1 aromatic heterocycles. The van der Waals surface area contributed by atoms with E-state index in [0.717, 1.165) is 23.6 Å². The zero-order valence-corrected chi connectivity index (χ0v) is 18.5. The second-order valence-corrected chi connectivity index (χ2v) is 7.50. The molecule has 0 aliphatic rings. The van der Waals surface area contributed by atoms with Gasteiger partial charge >= 0.3 is 0 Å². The molecular formula is C24H28F2N4O2. The number of halogens is 2. The maximum absolute atomic E-state index is 13.9. The van der Waals surface area contributed by atoms with Gasteiger partial charge in [-0.15, -0.1) is 0 Å². The number of anilines is 2. The smallest absolute Gasteiger partial charge is 0.227 e. The molecule has 1 atom stereocenters. The number of benzene rings is 2. The lowest BCUT2D eigenvalue weighted by Crippen LogP contribution is -2.30. The molecular weight excluding hydrogens is 414 g/mol. The molecule has 6 nitrogen and oxygen atoms in total. The van der Waals surface area contributed by atoms with Crippen LogP contribution < -0.4 is 5.32 Å². The zero-order valence-electron chi connectivity index (χ0n) is 18.5. The summed E-state index contributed by atoms with van der Waals surface area (Å²) in [5.41, 5.74) is 3.48. The highest BCUT2D eigenvalue weighted by Crippen LogP contribution is 2.32. The van der Waals surface area contributed by atoms with E-state index in [0.29, 0.717) is 42.3 Å². The number of aliphatic hydroxyl groups is 1. The van der Waals surface area contributed by atoms with Gasteiger partial charge in [0, 0.05) is 36.3 Å². The lowest BCUT2D eigenvalue weighted by molar-refractivity contribution is -0.155. The summed E-state index contributed by atoms with van der Waals surface area (Å²) in [5, 5.41) is 14.8. The minimum Gasteiger partial charge on any atom is -0.392 e. The summed E-state index contributed by atoms with van der Waals surface area (Å²) >= 11 is 0. The highest BCUT2D eigenvalue weighted by Gasteiger charge is 2.14. The van der Waals surface area contributed by atoms with Crippen molar-refractivity contribution in [1.29, 1.82) is 0 Å². The topological polar surface area (TPSA) is 70.5 Å². The second kappa shape index (κ2) is 11.1. The number of rotatable bonds is 10. The molecule has 2 aromatic carbocycles. The minimum atomic E-state index is -0.655. The summed E-state index contributed by atoms with van der Waals surface area (Å²) in [5.74, 6) is -0.933. The maximum Gasteiger partial charge on any atom is 0.227 e. The summed E-state index contributed by atoms with van der Waals surface area (Å²) in [7, 11) is 1.55. The van der Waals surface area contributed by atoms with Gasteiger partial charge in [0.2, 0.25) is 5.95 Å². The Balaban J connectivity index is 1.96. The van der Waals surface area contributed by atoms with Gasteiger partial charge in [-0.25, -0.2) is 18.7 Å². The summed E-state index contributed by atoms with van der Waals surface area (Å²) in [6, 6.07) is 8.91. The van der Waals surface area contributed by atoms with Crippen LogP contribution in [0.25, 0.3) is 11.1 Å². The Hall–Kier alpha value is -2.94. The van der Waals surface area contributed by atoms with E-state index in [1.54, 1.807) is 30.6 Å². The van der Waals surface area contributed by atoms with Gasteiger partial charge in [-0.05, 0) is 47.7 Å². The first-order chi connectivity index (χ1) is 15.4. The lowest BCUT2D eigenvalue weighted by Gasteiger charge is -2.23. The maximum atomic E-state index is 13.9. The largest absolute Gasteiger partial charge is 0.392 e. The number of aromatic nitrogens is 2. The van der Waals surface area contributed by atoms with Crippen molar-refractivity contribution in [3.63, 3.8) is 0 Å². The number of hydrogen-bond donors (Lipinski definition) is 2. The highest BCUT2D eigenvalue weighted by atomic mass is 19.1. The summed E-state index contributed by atoms with van der Waals surface area (Å²) in [6.07, 6.45) is 4.40. The van der Waals surface area contributed by atoms with Crippen molar-refractivity contribution in [3.8, 4) is 11.1 Å². The van der Waals surface area contributed by atoms with Gasteiger partial charge in [0.05, 0.1) is 19.8 Å². The fraction of sp³-hybridized carbons (Fsp3) is 0.333. The molecule has 8 heteroatoms. The molecule has 0 aliphatic heterocycles. The second-order valence-electron chi connectivity index (χ2n) is 7.50. The van der Waals surface area contributed by atoms with Crippen LogP contribution in [0.2, 0.25) is 0 Å². The molecule has 0 aliphatic carbocycles. The van der Waals surface area contributed by atoms with Gasteiger partial charge in [0.15, 0.2) is 0 Å². The molecule has 0 amide bonds. The van der Waals surface area contributed by atoms with E-state index < -0.39 is 17.7 Å². The van der Waals surface area contributed by atoms with Crippen LogP contribution in [0.4, 0.5) is 20.4 Å². The van der Waals surface area contributed by atoms with Gasteiger partial charge in [-0.2, -0.15) is 5.06 Å². The monoisotopic (exact) mass is 442 g/mol. The number of hydroxylamine groups is 2. The average molecular weight is 443 g/mol. The van der Waals surface area contributed by atoms with E-state index >= 15 is 0 Å². The van der Waals surface area contributed by atoms with Crippen molar-refractivity contribution in [2.24, 2.45) is 0 Å². The predicted octanol–water partition coefficient (Wildman–Crippen LogP) is 4.86. The third-order valence-corrected chi connectivity index (χ3v) is 5.12. The highest BCUT2D eigenvalue weighted by molar-refractivity contribution is 5.80. The van der Waals surface area contributed by atoms with Crippen LogP contribution >= 0.6 is 0 Å². The first-order valence-corrected chi connectivity index (χ1v) is 10.6.